The van der Waals surface area contributed by atoms with Crippen molar-refractivity contribution in [3.63, 3.8) is 0 Å². The lowest BCUT2D eigenvalue weighted by atomic mass is 10.1. The first kappa shape index (κ1) is 21.6. The lowest BCUT2D eigenvalue weighted by Crippen LogP contribution is -2.47. The number of rotatable bonds is 8. The maximum atomic E-state index is 12.8. The van der Waals surface area contributed by atoms with Gasteiger partial charge in [-0.3, -0.25) is 9.59 Å². The van der Waals surface area contributed by atoms with E-state index in [2.05, 4.69) is 5.32 Å². The maximum absolute atomic E-state index is 12.8. The van der Waals surface area contributed by atoms with Crippen molar-refractivity contribution in [1.82, 2.24) is 10.2 Å². The fraction of sp³-hybridized carbons (Fsp3) is 0.391. The molecule has 2 N–H and O–H groups in total. The van der Waals surface area contributed by atoms with E-state index in [1.165, 1.54) is 7.11 Å². The summed E-state index contributed by atoms with van der Waals surface area (Å²) < 4.78 is 10.5. The lowest BCUT2D eigenvalue weighted by Gasteiger charge is -2.25. The minimum atomic E-state index is -0.964. The highest BCUT2D eigenvalue weighted by molar-refractivity contribution is 5.89. The number of amides is 2. The molecule has 2 amide bonds. The Morgan fingerprint density at radius 3 is 2.63 bits per heavy atom. The molecule has 1 heterocycles. The van der Waals surface area contributed by atoms with Crippen molar-refractivity contribution in [2.24, 2.45) is 0 Å². The first-order valence-electron chi connectivity index (χ1n) is 10.0. The van der Waals surface area contributed by atoms with Gasteiger partial charge in [-0.15, -0.1) is 0 Å². The summed E-state index contributed by atoms with van der Waals surface area (Å²) in [7, 11) is 3.06. The third-order valence-corrected chi connectivity index (χ3v) is 5.34. The number of aliphatic hydroxyl groups excluding tert-OH is 1. The second-order valence-corrected chi connectivity index (χ2v) is 7.28. The van der Waals surface area contributed by atoms with Crippen LogP contribution in [0.2, 0.25) is 0 Å². The van der Waals surface area contributed by atoms with Crippen LogP contribution in [0.1, 0.15) is 30.1 Å². The average molecular weight is 412 g/mol. The zero-order valence-electron chi connectivity index (χ0n) is 17.3. The number of hydrogen-bond donors (Lipinski definition) is 2. The lowest BCUT2D eigenvalue weighted by molar-refractivity contribution is -0.138. The predicted molar refractivity (Wildman–Crippen MR) is 112 cm³/mol. The first-order valence-corrected chi connectivity index (χ1v) is 10.0. The molecular weight excluding hydrogens is 384 g/mol. The minimum absolute atomic E-state index is 0.0135. The van der Waals surface area contributed by atoms with E-state index in [1.54, 1.807) is 30.2 Å². The van der Waals surface area contributed by atoms with Crippen LogP contribution in [0, 0.1) is 0 Å². The van der Waals surface area contributed by atoms with E-state index in [0.29, 0.717) is 30.0 Å². The Morgan fingerprint density at radius 1 is 1.17 bits per heavy atom. The summed E-state index contributed by atoms with van der Waals surface area (Å²) in [4.78, 5) is 27.1. The van der Waals surface area contributed by atoms with Crippen LogP contribution in [-0.4, -0.2) is 55.2 Å². The standard InChI is InChI=1S/C23H28N2O5/c1-29-17-10-11-21(30-2)18(14-17)20(26)15-24-23(28)19-9-6-12-25(19)22(27)13-16-7-4-3-5-8-16/h3-5,7-8,10-11,14,19-20,26H,6,9,12-13,15H2,1-2H3,(H,24,28). The molecule has 2 aromatic rings. The van der Waals surface area contributed by atoms with Crippen LogP contribution in [0.15, 0.2) is 48.5 Å². The van der Waals surface area contributed by atoms with E-state index in [-0.39, 0.29) is 24.8 Å². The molecule has 0 aromatic heterocycles. The number of benzene rings is 2. The van der Waals surface area contributed by atoms with Gasteiger partial charge >= 0.3 is 0 Å². The Labute approximate surface area is 176 Å². The molecule has 30 heavy (non-hydrogen) atoms. The molecule has 0 radical (unpaired) electrons. The van der Waals surface area contributed by atoms with E-state index >= 15 is 0 Å². The van der Waals surface area contributed by atoms with Crippen molar-refractivity contribution in [3.8, 4) is 11.5 Å². The van der Waals surface area contributed by atoms with Crippen LogP contribution in [0.3, 0.4) is 0 Å². The maximum Gasteiger partial charge on any atom is 0.242 e. The molecule has 0 spiro atoms. The Kier molecular flexibility index (Phi) is 7.30. The van der Waals surface area contributed by atoms with Gasteiger partial charge in [0.2, 0.25) is 11.8 Å². The van der Waals surface area contributed by atoms with Gasteiger partial charge in [-0.05, 0) is 36.6 Å². The van der Waals surface area contributed by atoms with E-state index < -0.39 is 12.1 Å². The number of ether oxygens (including phenoxy) is 2. The van der Waals surface area contributed by atoms with Crippen molar-refractivity contribution >= 4 is 11.8 Å². The molecule has 7 nitrogen and oxygen atoms in total. The third kappa shape index (κ3) is 5.10. The van der Waals surface area contributed by atoms with E-state index in [0.717, 1.165) is 12.0 Å². The Morgan fingerprint density at radius 2 is 1.93 bits per heavy atom. The van der Waals surface area contributed by atoms with Gasteiger partial charge in [0.1, 0.15) is 17.5 Å². The number of aliphatic hydroxyl groups is 1. The highest BCUT2D eigenvalue weighted by atomic mass is 16.5. The largest absolute Gasteiger partial charge is 0.497 e. The average Bonchev–Trinajstić information content (AvgIpc) is 3.27. The molecule has 7 heteroatoms. The molecule has 2 atom stereocenters. The Balaban J connectivity index is 1.60. The summed E-state index contributed by atoms with van der Waals surface area (Å²) in [6.07, 6.45) is 0.707. The van der Waals surface area contributed by atoms with Crippen LogP contribution < -0.4 is 14.8 Å². The molecule has 1 aliphatic heterocycles. The number of methoxy groups -OCH3 is 2. The molecule has 0 aliphatic carbocycles. The molecule has 2 unspecified atom stereocenters. The predicted octanol–water partition coefficient (Wildman–Crippen LogP) is 2.09. The number of carbonyl (C=O) groups excluding carboxylic acids is 2. The highest BCUT2D eigenvalue weighted by Crippen LogP contribution is 2.29. The zero-order chi connectivity index (χ0) is 21.5. The smallest absolute Gasteiger partial charge is 0.242 e. The van der Waals surface area contributed by atoms with Crippen LogP contribution >= 0.6 is 0 Å². The highest BCUT2D eigenvalue weighted by Gasteiger charge is 2.34. The van der Waals surface area contributed by atoms with Crippen LogP contribution in [0.4, 0.5) is 0 Å². The van der Waals surface area contributed by atoms with Gasteiger partial charge in [-0.25, -0.2) is 0 Å². The molecular formula is C23H28N2O5. The summed E-state index contributed by atoms with van der Waals surface area (Å²) in [6.45, 7) is 0.579. The molecule has 2 aromatic carbocycles. The van der Waals surface area contributed by atoms with Gasteiger partial charge in [0.25, 0.3) is 0 Å². The molecule has 3 rings (SSSR count). The summed E-state index contributed by atoms with van der Waals surface area (Å²) >= 11 is 0. The normalized spacial score (nSPS) is 16.8. The Hall–Kier alpha value is -3.06. The molecule has 1 saturated heterocycles. The fourth-order valence-electron chi connectivity index (χ4n) is 3.73. The summed E-state index contributed by atoms with van der Waals surface area (Å²) in [6, 6.07) is 14.1. The van der Waals surface area contributed by atoms with Crippen molar-refractivity contribution in [2.75, 3.05) is 27.3 Å². The molecule has 0 bridgehead atoms. The number of carbonyl (C=O) groups is 2. The minimum Gasteiger partial charge on any atom is -0.497 e. The number of nitrogens with one attached hydrogen (secondary N) is 1. The van der Waals surface area contributed by atoms with Gasteiger partial charge in [-0.1, -0.05) is 30.3 Å². The number of hydrogen-bond acceptors (Lipinski definition) is 5. The van der Waals surface area contributed by atoms with Crippen molar-refractivity contribution in [3.05, 3.63) is 59.7 Å². The molecule has 1 aliphatic rings. The summed E-state index contributed by atoms with van der Waals surface area (Å²) in [5.41, 5.74) is 1.45. The second kappa shape index (κ2) is 10.1. The Bertz CT molecular complexity index is 871. The van der Waals surface area contributed by atoms with Crippen molar-refractivity contribution in [1.29, 1.82) is 0 Å². The summed E-state index contributed by atoms with van der Waals surface area (Å²) in [5, 5.41) is 13.4. The van der Waals surface area contributed by atoms with Gasteiger partial charge in [0.05, 0.1) is 26.7 Å². The quantitative estimate of drug-likeness (QED) is 0.693. The van der Waals surface area contributed by atoms with E-state index in [4.69, 9.17) is 9.47 Å². The fourth-order valence-corrected chi connectivity index (χ4v) is 3.73. The monoisotopic (exact) mass is 412 g/mol. The van der Waals surface area contributed by atoms with E-state index in [9.17, 15) is 14.7 Å². The van der Waals surface area contributed by atoms with Gasteiger partial charge in [-0.2, -0.15) is 0 Å². The number of likely N-dealkylation sites (tertiary alicyclic amines) is 1. The van der Waals surface area contributed by atoms with Crippen molar-refractivity contribution < 1.29 is 24.2 Å². The molecule has 1 fully saturated rings. The topological polar surface area (TPSA) is 88.1 Å². The molecule has 0 saturated carbocycles. The first-order chi connectivity index (χ1) is 14.5. The van der Waals surface area contributed by atoms with E-state index in [1.807, 2.05) is 30.3 Å². The van der Waals surface area contributed by atoms with Gasteiger partial charge in [0.15, 0.2) is 0 Å². The van der Waals surface area contributed by atoms with Crippen molar-refractivity contribution in [2.45, 2.75) is 31.4 Å². The van der Waals surface area contributed by atoms with Gasteiger partial charge in [0, 0.05) is 18.7 Å². The number of nitrogens with zero attached hydrogens (tertiary/aromatic N) is 1. The van der Waals surface area contributed by atoms with Gasteiger partial charge < -0.3 is 24.8 Å². The molecule has 160 valence electrons. The van der Waals surface area contributed by atoms with Crippen LogP contribution in [0.25, 0.3) is 0 Å². The zero-order valence-corrected chi connectivity index (χ0v) is 17.3. The SMILES string of the molecule is COc1ccc(OC)c(C(O)CNC(=O)C2CCCN2C(=O)Cc2ccccc2)c1. The van der Waals surface area contributed by atoms with Crippen LogP contribution in [-0.2, 0) is 16.0 Å². The summed E-state index contributed by atoms with van der Waals surface area (Å²) in [5.74, 6) is 0.784. The second-order valence-electron chi connectivity index (χ2n) is 7.28. The third-order valence-electron chi connectivity index (χ3n) is 5.34. The van der Waals surface area contributed by atoms with Crippen LogP contribution in [0.5, 0.6) is 11.5 Å².